The summed E-state index contributed by atoms with van der Waals surface area (Å²) < 4.78 is 5.07. The van der Waals surface area contributed by atoms with Gasteiger partial charge in [0.15, 0.2) is 0 Å². The summed E-state index contributed by atoms with van der Waals surface area (Å²) in [5.74, 6) is 0.441. The first-order valence-corrected chi connectivity index (χ1v) is 5.82. The van der Waals surface area contributed by atoms with E-state index in [1.165, 1.54) is 7.11 Å². The zero-order chi connectivity index (χ0) is 12.1. The van der Waals surface area contributed by atoms with Crippen LogP contribution in [0.25, 0.3) is 0 Å². The molecular weight excluding hydrogens is 218 g/mol. The van der Waals surface area contributed by atoms with Gasteiger partial charge in [-0.05, 0) is 31.5 Å². The number of ether oxygens (including phenoxy) is 1. The number of rotatable bonds is 4. The van der Waals surface area contributed by atoms with Crippen LogP contribution in [0, 0.1) is 0 Å². The molecule has 1 saturated heterocycles. The Hall–Kier alpha value is -1.62. The van der Waals surface area contributed by atoms with Crippen LogP contribution in [0.1, 0.15) is 19.3 Å². The molecule has 0 aliphatic carbocycles. The first kappa shape index (κ1) is 11.9. The van der Waals surface area contributed by atoms with Crippen LogP contribution >= 0.6 is 0 Å². The van der Waals surface area contributed by atoms with Gasteiger partial charge < -0.3 is 15.4 Å². The number of nitrogens with zero attached hydrogens (tertiary/aromatic N) is 1. The molecule has 1 aromatic heterocycles. The molecule has 1 fully saturated rings. The average molecular weight is 235 g/mol. The maximum atomic E-state index is 11.8. The lowest BCUT2D eigenvalue weighted by Gasteiger charge is -2.11. The van der Waals surface area contributed by atoms with E-state index in [9.17, 15) is 4.79 Å². The van der Waals surface area contributed by atoms with E-state index in [0.717, 1.165) is 19.4 Å². The topological polar surface area (TPSA) is 63.2 Å². The second kappa shape index (κ2) is 5.63. The van der Waals surface area contributed by atoms with Gasteiger partial charge in [-0.1, -0.05) is 0 Å². The van der Waals surface area contributed by atoms with E-state index < -0.39 is 0 Å². The monoisotopic (exact) mass is 235 g/mol. The zero-order valence-electron chi connectivity index (χ0n) is 9.90. The Balaban J connectivity index is 1.92. The summed E-state index contributed by atoms with van der Waals surface area (Å²) in [5, 5.41) is 6.12. The molecule has 0 radical (unpaired) electrons. The Morgan fingerprint density at radius 3 is 3.29 bits per heavy atom. The van der Waals surface area contributed by atoms with E-state index in [-0.39, 0.29) is 5.91 Å². The predicted octanol–water partition coefficient (Wildman–Crippen LogP) is 1.17. The molecule has 0 aromatic carbocycles. The molecule has 92 valence electrons. The molecule has 1 aliphatic heterocycles. The quantitative estimate of drug-likeness (QED) is 0.822. The van der Waals surface area contributed by atoms with Crippen molar-refractivity contribution in [2.45, 2.75) is 25.3 Å². The molecule has 1 atom stereocenters. The highest BCUT2D eigenvalue weighted by atomic mass is 16.5. The number of hydrogen-bond acceptors (Lipinski definition) is 4. The summed E-state index contributed by atoms with van der Waals surface area (Å²) in [5.41, 5.74) is 0.623. The fraction of sp³-hybridized carbons (Fsp3) is 0.500. The molecule has 1 amide bonds. The number of nitrogens with one attached hydrogen (secondary N) is 2. The van der Waals surface area contributed by atoms with Crippen molar-refractivity contribution in [1.82, 2.24) is 10.3 Å². The van der Waals surface area contributed by atoms with Crippen LogP contribution in [0.3, 0.4) is 0 Å². The Bertz CT molecular complexity index is 389. The molecule has 1 aromatic rings. The molecule has 1 unspecified atom stereocenters. The Morgan fingerprint density at radius 1 is 1.71 bits per heavy atom. The third kappa shape index (κ3) is 3.17. The van der Waals surface area contributed by atoms with Crippen molar-refractivity contribution in [2.24, 2.45) is 0 Å². The largest absolute Gasteiger partial charge is 0.480 e. The summed E-state index contributed by atoms with van der Waals surface area (Å²) in [7, 11) is 1.54. The van der Waals surface area contributed by atoms with Crippen molar-refractivity contribution in [3.05, 3.63) is 18.3 Å². The Morgan fingerprint density at radius 2 is 2.59 bits per heavy atom. The molecule has 5 nitrogen and oxygen atoms in total. The molecule has 0 spiro atoms. The number of amides is 1. The van der Waals surface area contributed by atoms with Crippen LogP contribution in [-0.4, -0.2) is 30.6 Å². The Labute approximate surface area is 101 Å². The maximum Gasteiger partial charge on any atom is 0.237 e. The molecule has 1 aliphatic rings. The molecule has 2 heterocycles. The first-order chi connectivity index (χ1) is 8.29. The van der Waals surface area contributed by atoms with E-state index in [4.69, 9.17) is 4.74 Å². The maximum absolute atomic E-state index is 11.8. The van der Waals surface area contributed by atoms with E-state index in [1.54, 1.807) is 18.3 Å². The fourth-order valence-corrected chi connectivity index (χ4v) is 2.00. The minimum Gasteiger partial charge on any atom is -0.480 e. The van der Waals surface area contributed by atoms with E-state index in [0.29, 0.717) is 24.0 Å². The number of anilines is 1. The van der Waals surface area contributed by atoms with Crippen LogP contribution in [0.5, 0.6) is 5.88 Å². The summed E-state index contributed by atoms with van der Waals surface area (Å²) in [4.78, 5) is 15.8. The van der Waals surface area contributed by atoms with Crippen molar-refractivity contribution >= 4 is 11.6 Å². The van der Waals surface area contributed by atoms with E-state index in [2.05, 4.69) is 15.6 Å². The van der Waals surface area contributed by atoms with Gasteiger partial charge in [0.25, 0.3) is 0 Å². The van der Waals surface area contributed by atoms with Crippen molar-refractivity contribution < 1.29 is 9.53 Å². The van der Waals surface area contributed by atoms with Gasteiger partial charge in [-0.3, -0.25) is 4.79 Å². The summed E-state index contributed by atoms with van der Waals surface area (Å²) in [6.07, 6.45) is 4.34. The highest BCUT2D eigenvalue weighted by molar-refractivity contribution is 5.92. The number of carbonyl (C=O) groups excluding carboxylic acids is 1. The highest BCUT2D eigenvalue weighted by Crippen LogP contribution is 2.20. The van der Waals surface area contributed by atoms with E-state index >= 15 is 0 Å². The summed E-state index contributed by atoms with van der Waals surface area (Å²) >= 11 is 0. The van der Waals surface area contributed by atoms with Gasteiger partial charge in [-0.25, -0.2) is 4.98 Å². The average Bonchev–Trinajstić information content (AvgIpc) is 2.82. The van der Waals surface area contributed by atoms with Crippen LogP contribution in [0.4, 0.5) is 5.69 Å². The second-order valence-electron chi connectivity index (χ2n) is 4.11. The zero-order valence-corrected chi connectivity index (χ0v) is 9.90. The standard InChI is InChI=1S/C12H17N3O2/c1-17-12-10(5-3-7-14-12)15-11(16)8-9-4-2-6-13-9/h3,5,7,9,13H,2,4,6,8H2,1H3,(H,15,16). The molecule has 17 heavy (non-hydrogen) atoms. The van der Waals surface area contributed by atoms with Gasteiger partial charge >= 0.3 is 0 Å². The van der Waals surface area contributed by atoms with Crippen LogP contribution in [0.15, 0.2) is 18.3 Å². The smallest absolute Gasteiger partial charge is 0.237 e. The molecule has 2 N–H and O–H groups in total. The number of carbonyl (C=O) groups is 1. The number of pyridine rings is 1. The minimum atomic E-state index is -0.00398. The Kier molecular flexibility index (Phi) is 3.93. The lowest BCUT2D eigenvalue weighted by Crippen LogP contribution is -2.27. The van der Waals surface area contributed by atoms with Gasteiger partial charge in [-0.2, -0.15) is 0 Å². The number of methoxy groups -OCH3 is 1. The summed E-state index contributed by atoms with van der Waals surface area (Å²) in [6.45, 7) is 1.01. The minimum absolute atomic E-state index is 0.00398. The summed E-state index contributed by atoms with van der Waals surface area (Å²) in [6, 6.07) is 3.86. The SMILES string of the molecule is COc1ncccc1NC(=O)CC1CCCN1. The van der Waals surface area contributed by atoms with Gasteiger partial charge in [-0.15, -0.1) is 0 Å². The van der Waals surface area contributed by atoms with Crippen LogP contribution in [0.2, 0.25) is 0 Å². The van der Waals surface area contributed by atoms with Gasteiger partial charge in [0.05, 0.1) is 7.11 Å². The third-order valence-corrected chi connectivity index (χ3v) is 2.83. The van der Waals surface area contributed by atoms with Gasteiger partial charge in [0.1, 0.15) is 5.69 Å². The first-order valence-electron chi connectivity index (χ1n) is 5.82. The molecule has 5 heteroatoms. The lowest BCUT2D eigenvalue weighted by molar-refractivity contribution is -0.116. The number of hydrogen-bond donors (Lipinski definition) is 2. The third-order valence-electron chi connectivity index (χ3n) is 2.83. The molecule has 0 saturated carbocycles. The number of aromatic nitrogens is 1. The van der Waals surface area contributed by atoms with Gasteiger partial charge in [0, 0.05) is 18.7 Å². The van der Waals surface area contributed by atoms with E-state index in [1.807, 2.05) is 0 Å². The normalized spacial score (nSPS) is 19.0. The molecular formula is C12H17N3O2. The van der Waals surface area contributed by atoms with Crippen LogP contribution in [-0.2, 0) is 4.79 Å². The predicted molar refractivity (Wildman–Crippen MR) is 65.1 cm³/mol. The van der Waals surface area contributed by atoms with Crippen molar-refractivity contribution in [1.29, 1.82) is 0 Å². The van der Waals surface area contributed by atoms with Crippen LogP contribution < -0.4 is 15.4 Å². The fourth-order valence-electron chi connectivity index (χ4n) is 2.00. The van der Waals surface area contributed by atoms with Crippen molar-refractivity contribution in [2.75, 3.05) is 19.0 Å². The van der Waals surface area contributed by atoms with Crippen molar-refractivity contribution in [3.63, 3.8) is 0 Å². The molecule has 0 bridgehead atoms. The van der Waals surface area contributed by atoms with Gasteiger partial charge in [0.2, 0.25) is 11.8 Å². The highest BCUT2D eigenvalue weighted by Gasteiger charge is 2.18. The van der Waals surface area contributed by atoms with Crippen molar-refractivity contribution in [3.8, 4) is 5.88 Å². The second-order valence-corrected chi connectivity index (χ2v) is 4.11. The lowest BCUT2D eigenvalue weighted by atomic mass is 10.1. The molecule has 2 rings (SSSR count).